The van der Waals surface area contributed by atoms with E-state index < -0.39 is 0 Å². The first-order valence-electron chi connectivity index (χ1n) is 6.40. The maximum atomic E-state index is 12.4. The minimum Gasteiger partial charge on any atom is -0.396 e. The van der Waals surface area contributed by atoms with Gasteiger partial charge in [-0.05, 0) is 49.9 Å². The molecule has 0 spiro atoms. The van der Waals surface area contributed by atoms with E-state index in [1.807, 2.05) is 4.90 Å². The van der Waals surface area contributed by atoms with Crippen LogP contribution in [-0.2, 0) is 0 Å². The van der Waals surface area contributed by atoms with Crippen molar-refractivity contribution >= 4 is 17.5 Å². The van der Waals surface area contributed by atoms with Crippen LogP contribution in [0.25, 0.3) is 0 Å². The van der Waals surface area contributed by atoms with Crippen LogP contribution in [-0.4, -0.2) is 35.1 Å². The fraction of sp³-hybridized carbons (Fsp3) is 0.500. The number of hydrogen-bond donors (Lipinski definition) is 1. The lowest BCUT2D eigenvalue weighted by Gasteiger charge is -2.35. The second kappa shape index (κ2) is 6.21. The first-order chi connectivity index (χ1) is 8.72. The minimum atomic E-state index is 0.0461. The number of piperidine rings is 1. The summed E-state index contributed by atoms with van der Waals surface area (Å²) in [6, 6.07) is 7.16. The van der Waals surface area contributed by atoms with Crippen molar-refractivity contribution in [3.05, 3.63) is 34.9 Å². The van der Waals surface area contributed by atoms with E-state index in [9.17, 15) is 4.79 Å². The van der Waals surface area contributed by atoms with Crippen molar-refractivity contribution < 1.29 is 9.90 Å². The summed E-state index contributed by atoms with van der Waals surface area (Å²) in [5.41, 5.74) is 0.671. The van der Waals surface area contributed by atoms with Gasteiger partial charge in [-0.3, -0.25) is 4.79 Å². The average molecular weight is 268 g/mol. The van der Waals surface area contributed by atoms with Gasteiger partial charge in [0.2, 0.25) is 0 Å². The predicted octanol–water partition coefficient (Wildman–Crippen LogP) is 2.72. The lowest BCUT2D eigenvalue weighted by Crippen LogP contribution is -2.44. The van der Waals surface area contributed by atoms with Gasteiger partial charge in [0, 0.05) is 29.8 Å². The Kier molecular flexibility index (Phi) is 4.61. The zero-order valence-electron chi connectivity index (χ0n) is 10.3. The molecule has 1 fully saturated rings. The highest BCUT2D eigenvalue weighted by Gasteiger charge is 2.26. The summed E-state index contributed by atoms with van der Waals surface area (Å²) in [4.78, 5) is 14.3. The molecule has 1 aliphatic heterocycles. The Bertz CT molecular complexity index is 403. The Labute approximate surface area is 112 Å². The molecule has 18 heavy (non-hydrogen) atoms. The van der Waals surface area contributed by atoms with Crippen molar-refractivity contribution in [2.75, 3.05) is 13.2 Å². The molecule has 0 aliphatic carbocycles. The van der Waals surface area contributed by atoms with E-state index in [1.165, 1.54) is 0 Å². The number of likely N-dealkylation sites (tertiary alicyclic amines) is 1. The summed E-state index contributed by atoms with van der Waals surface area (Å²) in [6.07, 6.45) is 3.83. The first kappa shape index (κ1) is 13.4. The van der Waals surface area contributed by atoms with E-state index >= 15 is 0 Å². The number of aliphatic hydroxyl groups is 1. The molecule has 0 radical (unpaired) electrons. The molecule has 4 heteroatoms. The number of nitrogens with zero attached hydrogens (tertiary/aromatic N) is 1. The van der Waals surface area contributed by atoms with E-state index in [-0.39, 0.29) is 18.6 Å². The summed E-state index contributed by atoms with van der Waals surface area (Å²) >= 11 is 5.82. The summed E-state index contributed by atoms with van der Waals surface area (Å²) < 4.78 is 0. The van der Waals surface area contributed by atoms with Crippen LogP contribution < -0.4 is 0 Å². The molecule has 1 aromatic rings. The third-order valence-electron chi connectivity index (χ3n) is 3.44. The SMILES string of the molecule is O=C(c1ccc(Cl)cc1)N1CCCCC1CCO. The molecule has 0 saturated carbocycles. The monoisotopic (exact) mass is 267 g/mol. The Balaban J connectivity index is 2.12. The first-order valence-corrected chi connectivity index (χ1v) is 6.77. The van der Waals surface area contributed by atoms with Crippen LogP contribution in [0, 0.1) is 0 Å². The zero-order chi connectivity index (χ0) is 13.0. The number of hydrogen-bond acceptors (Lipinski definition) is 2. The minimum absolute atomic E-state index is 0.0461. The summed E-state index contributed by atoms with van der Waals surface area (Å²) in [5, 5.41) is 9.71. The molecule has 0 bridgehead atoms. The smallest absolute Gasteiger partial charge is 0.254 e. The lowest BCUT2D eigenvalue weighted by molar-refractivity contribution is 0.0574. The van der Waals surface area contributed by atoms with E-state index in [4.69, 9.17) is 16.7 Å². The number of rotatable bonds is 3. The van der Waals surface area contributed by atoms with Gasteiger partial charge in [-0.25, -0.2) is 0 Å². The highest BCUT2D eigenvalue weighted by atomic mass is 35.5. The topological polar surface area (TPSA) is 40.5 Å². The highest BCUT2D eigenvalue weighted by Crippen LogP contribution is 2.22. The number of benzene rings is 1. The molecule has 1 unspecified atom stereocenters. The van der Waals surface area contributed by atoms with Gasteiger partial charge in [0.1, 0.15) is 0 Å². The fourth-order valence-corrected chi connectivity index (χ4v) is 2.60. The number of aliphatic hydroxyl groups excluding tert-OH is 1. The van der Waals surface area contributed by atoms with Crippen molar-refractivity contribution in [2.45, 2.75) is 31.7 Å². The second-order valence-corrected chi connectivity index (χ2v) is 5.10. The van der Waals surface area contributed by atoms with E-state index in [1.54, 1.807) is 24.3 Å². The van der Waals surface area contributed by atoms with Gasteiger partial charge in [0.15, 0.2) is 0 Å². The molecule has 3 nitrogen and oxygen atoms in total. The summed E-state index contributed by atoms with van der Waals surface area (Å²) in [5.74, 6) is 0.0461. The molecule has 98 valence electrons. The molecule has 1 saturated heterocycles. The molecule has 1 atom stereocenters. The molecule has 2 rings (SSSR count). The molecule has 1 heterocycles. The second-order valence-electron chi connectivity index (χ2n) is 4.67. The molecular weight excluding hydrogens is 250 g/mol. The Hall–Kier alpha value is -1.06. The number of amides is 1. The van der Waals surface area contributed by atoms with Gasteiger partial charge >= 0.3 is 0 Å². The largest absolute Gasteiger partial charge is 0.396 e. The molecule has 1 aliphatic rings. The third-order valence-corrected chi connectivity index (χ3v) is 3.69. The number of carbonyl (C=O) groups is 1. The van der Waals surface area contributed by atoms with Crippen molar-refractivity contribution in [1.82, 2.24) is 4.90 Å². The van der Waals surface area contributed by atoms with Gasteiger partial charge in [0.25, 0.3) is 5.91 Å². The van der Waals surface area contributed by atoms with Crippen LogP contribution >= 0.6 is 11.6 Å². The van der Waals surface area contributed by atoms with Gasteiger partial charge in [-0.15, -0.1) is 0 Å². The normalized spacial score (nSPS) is 19.9. The van der Waals surface area contributed by atoms with E-state index in [2.05, 4.69) is 0 Å². The van der Waals surface area contributed by atoms with E-state index in [0.717, 1.165) is 25.8 Å². The number of halogens is 1. The third kappa shape index (κ3) is 3.03. The zero-order valence-corrected chi connectivity index (χ0v) is 11.1. The summed E-state index contributed by atoms with van der Waals surface area (Å²) in [7, 11) is 0. The molecular formula is C14H18ClNO2. The molecule has 1 N–H and O–H groups in total. The fourth-order valence-electron chi connectivity index (χ4n) is 2.48. The highest BCUT2D eigenvalue weighted by molar-refractivity contribution is 6.30. The Morgan fingerprint density at radius 2 is 2.06 bits per heavy atom. The molecule has 1 amide bonds. The van der Waals surface area contributed by atoms with Crippen LogP contribution in [0.2, 0.25) is 5.02 Å². The quantitative estimate of drug-likeness (QED) is 0.915. The standard InChI is InChI=1S/C14H18ClNO2/c15-12-6-4-11(5-7-12)14(18)16-9-2-1-3-13(16)8-10-17/h4-7,13,17H,1-3,8-10H2. The Morgan fingerprint density at radius 1 is 1.33 bits per heavy atom. The predicted molar refractivity (Wildman–Crippen MR) is 71.8 cm³/mol. The molecule has 0 aromatic heterocycles. The van der Waals surface area contributed by atoms with Crippen molar-refractivity contribution in [3.63, 3.8) is 0 Å². The lowest BCUT2D eigenvalue weighted by atomic mass is 9.98. The van der Waals surface area contributed by atoms with Gasteiger partial charge in [-0.1, -0.05) is 11.6 Å². The summed E-state index contributed by atoms with van der Waals surface area (Å²) in [6.45, 7) is 0.918. The van der Waals surface area contributed by atoms with Crippen molar-refractivity contribution in [3.8, 4) is 0 Å². The van der Waals surface area contributed by atoms with E-state index in [0.29, 0.717) is 17.0 Å². The van der Waals surface area contributed by atoms with Gasteiger partial charge in [0.05, 0.1) is 0 Å². The number of carbonyl (C=O) groups excluding carboxylic acids is 1. The van der Waals surface area contributed by atoms with Crippen LogP contribution in [0.3, 0.4) is 0 Å². The average Bonchev–Trinajstić information content (AvgIpc) is 2.40. The molecule has 1 aromatic carbocycles. The van der Waals surface area contributed by atoms with Gasteiger partial charge < -0.3 is 10.0 Å². The van der Waals surface area contributed by atoms with Crippen molar-refractivity contribution in [1.29, 1.82) is 0 Å². The Morgan fingerprint density at radius 3 is 2.72 bits per heavy atom. The van der Waals surface area contributed by atoms with Crippen molar-refractivity contribution in [2.24, 2.45) is 0 Å². The van der Waals surface area contributed by atoms with Crippen LogP contribution in [0.15, 0.2) is 24.3 Å². The maximum Gasteiger partial charge on any atom is 0.254 e. The van der Waals surface area contributed by atoms with Gasteiger partial charge in [-0.2, -0.15) is 0 Å². The maximum absolute atomic E-state index is 12.4. The van der Waals surface area contributed by atoms with Crippen LogP contribution in [0.5, 0.6) is 0 Å². The van der Waals surface area contributed by atoms with Crippen LogP contribution in [0.1, 0.15) is 36.0 Å². The van der Waals surface area contributed by atoms with Crippen LogP contribution in [0.4, 0.5) is 0 Å².